The predicted molar refractivity (Wildman–Crippen MR) is 49.0 cm³/mol. The molecule has 0 bridgehead atoms. The summed E-state index contributed by atoms with van der Waals surface area (Å²) >= 11 is 1.22. The van der Waals surface area contributed by atoms with Crippen molar-refractivity contribution >= 4 is 26.7 Å². The predicted octanol–water partition coefficient (Wildman–Crippen LogP) is 2.82. The van der Waals surface area contributed by atoms with Gasteiger partial charge in [-0.3, -0.25) is 0 Å². The lowest BCUT2D eigenvalue weighted by Crippen LogP contribution is -1.82. The molecule has 2 N–H and O–H groups in total. The van der Waals surface area contributed by atoms with Crippen LogP contribution in [0.4, 0.5) is 13.9 Å². The van der Waals surface area contributed by atoms with Gasteiger partial charge in [0.15, 0.2) is 5.13 Å². The Balaban J connectivity index is 2.61. The number of anilines is 1. The highest BCUT2D eigenvalue weighted by Gasteiger charge is 2.08. The number of nitrogens with two attached hydrogens (primary N) is 1. The van der Waals surface area contributed by atoms with E-state index in [1.54, 1.807) is 6.07 Å². The molecule has 0 atom stereocenters. The lowest BCUT2D eigenvalue weighted by molar-refractivity contribution is 0.151. The molecule has 2 rings (SSSR count). The zero-order valence-electron chi connectivity index (χ0n) is 6.50. The van der Waals surface area contributed by atoms with Crippen molar-refractivity contribution in [1.29, 1.82) is 0 Å². The van der Waals surface area contributed by atoms with Gasteiger partial charge in [0.2, 0.25) is 0 Å². The fourth-order valence-electron chi connectivity index (χ4n) is 1.09. The Morgan fingerprint density at radius 2 is 2.15 bits per heavy atom. The van der Waals surface area contributed by atoms with Gasteiger partial charge < -0.3 is 5.73 Å². The number of aromatic nitrogens is 1. The second-order valence-electron chi connectivity index (χ2n) is 2.58. The molecule has 1 heterocycles. The van der Waals surface area contributed by atoms with Crippen LogP contribution in [0.15, 0.2) is 18.2 Å². The Morgan fingerprint density at radius 3 is 2.85 bits per heavy atom. The van der Waals surface area contributed by atoms with Crippen LogP contribution in [0, 0.1) is 0 Å². The lowest BCUT2D eigenvalue weighted by Gasteiger charge is -1.96. The molecule has 0 radical (unpaired) electrons. The normalized spacial score (nSPS) is 11.3. The van der Waals surface area contributed by atoms with Crippen LogP contribution in [-0.2, 0) is 0 Å². The van der Waals surface area contributed by atoms with Gasteiger partial charge in [-0.25, -0.2) is 13.8 Å². The molecule has 0 amide bonds. The molecule has 13 heavy (non-hydrogen) atoms. The Labute approximate surface area is 77.0 Å². The largest absolute Gasteiger partial charge is 0.375 e. The van der Waals surface area contributed by atoms with E-state index in [9.17, 15) is 8.78 Å². The summed E-state index contributed by atoms with van der Waals surface area (Å²) in [5.41, 5.74) is 6.12. The van der Waals surface area contributed by atoms with Crippen LogP contribution in [0.5, 0.6) is 0 Å². The zero-order chi connectivity index (χ0) is 9.42. The van der Waals surface area contributed by atoms with E-state index in [1.165, 1.54) is 23.5 Å². The number of thiazole rings is 1. The fraction of sp³-hybridized carbons (Fsp3) is 0.125. The van der Waals surface area contributed by atoms with E-state index in [-0.39, 0.29) is 5.56 Å². The monoisotopic (exact) mass is 200 g/mol. The number of hydrogen-bond donors (Lipinski definition) is 1. The first-order valence-electron chi connectivity index (χ1n) is 3.61. The number of alkyl halides is 2. The standard InChI is InChI=1S/C8H6F2N2S/c9-7(10)4-1-2-5-6(3-4)13-8(11)12-5/h1-3,7H,(H2,11,12). The lowest BCUT2D eigenvalue weighted by atomic mass is 10.2. The Morgan fingerprint density at radius 1 is 1.38 bits per heavy atom. The van der Waals surface area contributed by atoms with Crippen LogP contribution in [-0.4, -0.2) is 4.98 Å². The molecule has 0 aliphatic rings. The van der Waals surface area contributed by atoms with Crippen molar-refractivity contribution in [3.8, 4) is 0 Å². The van der Waals surface area contributed by atoms with E-state index >= 15 is 0 Å². The van der Waals surface area contributed by atoms with Gasteiger partial charge in [-0.1, -0.05) is 17.4 Å². The summed E-state index contributed by atoms with van der Waals surface area (Å²) in [5, 5.41) is 0.404. The molecule has 2 nitrogen and oxygen atoms in total. The Bertz CT molecular complexity index is 439. The summed E-state index contributed by atoms with van der Waals surface area (Å²) in [7, 11) is 0. The van der Waals surface area contributed by atoms with Gasteiger partial charge in [0.25, 0.3) is 6.43 Å². The number of hydrogen-bond acceptors (Lipinski definition) is 3. The Hall–Kier alpha value is -1.23. The number of fused-ring (bicyclic) bond motifs is 1. The number of nitrogen functional groups attached to an aromatic ring is 1. The van der Waals surface area contributed by atoms with Crippen LogP contribution in [0.1, 0.15) is 12.0 Å². The molecule has 0 unspecified atom stereocenters. The minimum Gasteiger partial charge on any atom is -0.375 e. The molecule has 0 aliphatic carbocycles. The van der Waals surface area contributed by atoms with Gasteiger partial charge in [0.05, 0.1) is 10.2 Å². The average molecular weight is 200 g/mol. The van der Waals surface area contributed by atoms with Crippen molar-refractivity contribution < 1.29 is 8.78 Å². The fourth-order valence-corrected chi connectivity index (χ4v) is 1.88. The number of benzene rings is 1. The van der Waals surface area contributed by atoms with Crippen molar-refractivity contribution in [2.24, 2.45) is 0 Å². The van der Waals surface area contributed by atoms with Crippen LogP contribution in [0.25, 0.3) is 10.2 Å². The third-order valence-corrected chi connectivity index (χ3v) is 2.53. The zero-order valence-corrected chi connectivity index (χ0v) is 7.31. The highest BCUT2D eigenvalue weighted by molar-refractivity contribution is 7.22. The van der Waals surface area contributed by atoms with Crippen LogP contribution in [0.2, 0.25) is 0 Å². The minimum absolute atomic E-state index is 0.0103. The molecule has 0 aliphatic heterocycles. The van der Waals surface area contributed by atoms with Crippen LogP contribution in [0.3, 0.4) is 0 Å². The third kappa shape index (κ3) is 1.47. The first-order valence-corrected chi connectivity index (χ1v) is 4.42. The van der Waals surface area contributed by atoms with Crippen LogP contribution < -0.4 is 5.73 Å². The molecule has 5 heteroatoms. The van der Waals surface area contributed by atoms with Crippen LogP contribution >= 0.6 is 11.3 Å². The smallest absolute Gasteiger partial charge is 0.263 e. The van der Waals surface area contributed by atoms with E-state index in [1.807, 2.05) is 0 Å². The van der Waals surface area contributed by atoms with E-state index in [4.69, 9.17) is 5.73 Å². The molecular formula is C8H6F2N2S. The van der Waals surface area contributed by atoms with Crippen molar-refractivity contribution in [3.63, 3.8) is 0 Å². The summed E-state index contributed by atoms with van der Waals surface area (Å²) in [6.07, 6.45) is -2.44. The third-order valence-electron chi connectivity index (χ3n) is 1.68. The van der Waals surface area contributed by atoms with Gasteiger partial charge in [-0.2, -0.15) is 0 Å². The molecule has 1 aromatic heterocycles. The van der Waals surface area contributed by atoms with Gasteiger partial charge in [-0.15, -0.1) is 0 Å². The average Bonchev–Trinajstić information content (AvgIpc) is 2.42. The van der Waals surface area contributed by atoms with Gasteiger partial charge in [-0.05, 0) is 12.1 Å². The SMILES string of the molecule is Nc1nc2ccc(C(F)F)cc2s1. The van der Waals surface area contributed by atoms with E-state index in [0.29, 0.717) is 15.3 Å². The highest BCUT2D eigenvalue weighted by atomic mass is 32.1. The summed E-state index contributed by atoms with van der Waals surface area (Å²) in [6.45, 7) is 0. The number of rotatable bonds is 1. The summed E-state index contributed by atoms with van der Waals surface area (Å²) in [4.78, 5) is 3.96. The molecule has 0 saturated heterocycles. The maximum absolute atomic E-state index is 12.3. The molecule has 68 valence electrons. The van der Waals surface area contributed by atoms with Crippen molar-refractivity contribution in [3.05, 3.63) is 23.8 Å². The minimum atomic E-state index is -2.44. The second-order valence-corrected chi connectivity index (χ2v) is 3.64. The van der Waals surface area contributed by atoms with E-state index < -0.39 is 6.43 Å². The first kappa shape index (κ1) is 8.37. The molecule has 0 saturated carbocycles. The van der Waals surface area contributed by atoms with Gasteiger partial charge in [0, 0.05) is 5.56 Å². The first-order chi connectivity index (χ1) is 6.16. The summed E-state index contributed by atoms with van der Waals surface area (Å²) in [6, 6.07) is 4.35. The summed E-state index contributed by atoms with van der Waals surface area (Å²) < 4.78 is 25.2. The van der Waals surface area contributed by atoms with E-state index in [0.717, 1.165) is 0 Å². The second kappa shape index (κ2) is 2.92. The van der Waals surface area contributed by atoms with Gasteiger partial charge >= 0.3 is 0 Å². The summed E-state index contributed by atoms with van der Waals surface area (Å²) in [5.74, 6) is 0. The molecule has 0 fully saturated rings. The maximum atomic E-state index is 12.3. The molecule has 2 aromatic rings. The van der Waals surface area contributed by atoms with Gasteiger partial charge in [0.1, 0.15) is 0 Å². The maximum Gasteiger partial charge on any atom is 0.263 e. The number of nitrogens with zero attached hydrogens (tertiary/aromatic N) is 1. The molecule has 1 aromatic carbocycles. The quantitative estimate of drug-likeness (QED) is 0.768. The van der Waals surface area contributed by atoms with E-state index in [2.05, 4.69) is 4.98 Å². The topological polar surface area (TPSA) is 38.9 Å². The molecular weight excluding hydrogens is 194 g/mol. The van der Waals surface area contributed by atoms with Crippen molar-refractivity contribution in [1.82, 2.24) is 4.98 Å². The van der Waals surface area contributed by atoms with Crippen molar-refractivity contribution in [2.45, 2.75) is 6.43 Å². The molecule has 0 spiro atoms. The Kier molecular flexibility index (Phi) is 1.88. The highest BCUT2D eigenvalue weighted by Crippen LogP contribution is 2.28. The number of halogens is 2. The van der Waals surface area contributed by atoms with Crippen molar-refractivity contribution in [2.75, 3.05) is 5.73 Å².